The fraction of sp³-hybridized carbons (Fsp3) is 0.880. The molecule has 4 saturated carbocycles. The average molecular weight is 425 g/mol. The molecule has 6 bridgehead atoms. The van der Waals surface area contributed by atoms with Crippen LogP contribution in [0.5, 0.6) is 0 Å². The summed E-state index contributed by atoms with van der Waals surface area (Å²) >= 11 is 0. The van der Waals surface area contributed by atoms with Crippen LogP contribution in [0.1, 0.15) is 77.0 Å². The summed E-state index contributed by atoms with van der Waals surface area (Å²) in [5.41, 5.74) is 6.43. The molecule has 2 amide bonds. The van der Waals surface area contributed by atoms with Crippen molar-refractivity contribution in [2.24, 2.45) is 34.8 Å². The molecule has 0 aromatic rings. The molecule has 7 fully saturated rings. The van der Waals surface area contributed by atoms with E-state index in [2.05, 4.69) is 11.0 Å². The third-order valence-corrected chi connectivity index (χ3v) is 9.97. The van der Waals surface area contributed by atoms with Crippen molar-refractivity contribution in [2.45, 2.75) is 101 Å². The Kier molecular flexibility index (Phi) is 4.65. The SMILES string of the molecule is N#C[C@@H]1CCCN1C(=O)[C@@H](N)C1CC2CCC(C1)N2C(=O)C12CC3CC(CC(C3)C1)C2. The van der Waals surface area contributed by atoms with Gasteiger partial charge in [-0.3, -0.25) is 9.59 Å². The summed E-state index contributed by atoms with van der Waals surface area (Å²) in [6, 6.07) is 1.93. The number of nitrogens with zero attached hydrogens (tertiary/aromatic N) is 3. The minimum absolute atomic E-state index is 0.0469. The van der Waals surface area contributed by atoms with Crippen molar-refractivity contribution in [3.63, 3.8) is 0 Å². The molecule has 4 aliphatic carbocycles. The smallest absolute Gasteiger partial charge is 0.240 e. The van der Waals surface area contributed by atoms with Gasteiger partial charge in [0.2, 0.25) is 11.8 Å². The second-order valence-electron chi connectivity index (χ2n) is 11.9. The Balaban J connectivity index is 1.16. The minimum Gasteiger partial charge on any atom is -0.336 e. The standard InChI is InChI=1S/C25H36N4O2/c26-14-21-2-1-5-28(21)23(30)22(27)18-9-19-3-4-20(10-18)29(19)24(31)25-11-15-6-16(12-25)8-17(7-15)13-25/h15-22H,1-13,27H2/t15?,16?,17?,18?,19?,20?,21-,22-,25?/m0/s1. The summed E-state index contributed by atoms with van der Waals surface area (Å²) in [5, 5.41) is 9.36. The summed E-state index contributed by atoms with van der Waals surface area (Å²) in [6.07, 6.45) is 12.9. The highest BCUT2D eigenvalue weighted by Gasteiger charge is 2.58. The predicted molar refractivity (Wildman–Crippen MR) is 115 cm³/mol. The molecule has 6 nitrogen and oxygen atoms in total. The van der Waals surface area contributed by atoms with E-state index >= 15 is 0 Å². The number of likely N-dealkylation sites (tertiary alicyclic amines) is 1. The normalized spacial score (nSPS) is 46.3. The van der Waals surface area contributed by atoms with E-state index < -0.39 is 6.04 Å². The van der Waals surface area contributed by atoms with Gasteiger partial charge in [0.05, 0.1) is 17.5 Å². The first kappa shape index (κ1) is 20.0. The Morgan fingerprint density at radius 1 is 0.935 bits per heavy atom. The Hall–Kier alpha value is -1.61. The fourth-order valence-electron chi connectivity index (χ4n) is 9.05. The molecule has 0 aromatic heterocycles. The van der Waals surface area contributed by atoms with Crippen LogP contribution in [0.3, 0.4) is 0 Å². The van der Waals surface area contributed by atoms with Gasteiger partial charge in [-0.25, -0.2) is 0 Å². The maximum atomic E-state index is 14.0. The number of amides is 2. The molecule has 0 radical (unpaired) electrons. The zero-order valence-corrected chi connectivity index (χ0v) is 18.5. The quantitative estimate of drug-likeness (QED) is 0.754. The lowest BCUT2D eigenvalue weighted by atomic mass is 9.49. The van der Waals surface area contributed by atoms with Gasteiger partial charge in [-0.05, 0) is 101 Å². The van der Waals surface area contributed by atoms with E-state index in [4.69, 9.17) is 5.73 Å². The molecule has 2 unspecified atom stereocenters. The van der Waals surface area contributed by atoms with Gasteiger partial charge in [-0.1, -0.05) is 0 Å². The van der Waals surface area contributed by atoms with Crippen LogP contribution in [-0.4, -0.2) is 52.3 Å². The Labute approximate surface area is 185 Å². The van der Waals surface area contributed by atoms with Gasteiger partial charge in [-0.15, -0.1) is 0 Å². The maximum Gasteiger partial charge on any atom is 0.240 e. The van der Waals surface area contributed by atoms with Gasteiger partial charge >= 0.3 is 0 Å². The van der Waals surface area contributed by atoms with Gasteiger partial charge in [0, 0.05) is 18.6 Å². The second-order valence-corrected chi connectivity index (χ2v) is 11.9. The molecule has 3 saturated heterocycles. The highest BCUT2D eigenvalue weighted by Crippen LogP contribution is 2.61. The lowest BCUT2D eigenvalue weighted by molar-refractivity contribution is -0.163. The van der Waals surface area contributed by atoms with E-state index in [0.29, 0.717) is 12.5 Å². The first-order valence-electron chi connectivity index (χ1n) is 12.8. The minimum atomic E-state index is -0.533. The van der Waals surface area contributed by atoms with Crippen LogP contribution >= 0.6 is 0 Å². The average Bonchev–Trinajstić information content (AvgIpc) is 3.32. The summed E-state index contributed by atoms with van der Waals surface area (Å²) in [7, 11) is 0. The predicted octanol–water partition coefficient (Wildman–Crippen LogP) is 2.81. The summed E-state index contributed by atoms with van der Waals surface area (Å²) in [6.45, 7) is 0.654. The van der Waals surface area contributed by atoms with Gasteiger partial charge < -0.3 is 15.5 Å². The molecule has 7 rings (SSSR count). The second kappa shape index (κ2) is 7.20. The van der Waals surface area contributed by atoms with Crippen molar-refractivity contribution in [3.8, 4) is 6.07 Å². The van der Waals surface area contributed by atoms with Gasteiger partial charge in [-0.2, -0.15) is 5.26 Å². The lowest BCUT2D eigenvalue weighted by Crippen LogP contribution is -2.60. The molecule has 3 heterocycles. The molecule has 31 heavy (non-hydrogen) atoms. The Bertz CT molecular complexity index is 770. The zero-order valence-electron chi connectivity index (χ0n) is 18.5. The third-order valence-electron chi connectivity index (χ3n) is 9.97. The fourth-order valence-corrected chi connectivity index (χ4v) is 9.05. The number of hydrogen-bond donors (Lipinski definition) is 1. The molecule has 4 atom stereocenters. The molecular formula is C25H36N4O2. The van der Waals surface area contributed by atoms with Crippen molar-refractivity contribution in [1.82, 2.24) is 9.80 Å². The molecule has 0 aromatic carbocycles. The van der Waals surface area contributed by atoms with Crippen LogP contribution in [0, 0.1) is 40.4 Å². The zero-order chi connectivity index (χ0) is 21.3. The van der Waals surface area contributed by atoms with Crippen LogP contribution in [0.2, 0.25) is 0 Å². The van der Waals surface area contributed by atoms with Crippen molar-refractivity contribution < 1.29 is 9.59 Å². The molecular weight excluding hydrogens is 388 g/mol. The number of hydrogen-bond acceptors (Lipinski definition) is 4. The van der Waals surface area contributed by atoms with Crippen LogP contribution in [-0.2, 0) is 9.59 Å². The number of piperidine rings is 1. The number of carbonyl (C=O) groups excluding carboxylic acids is 2. The van der Waals surface area contributed by atoms with Crippen molar-refractivity contribution in [3.05, 3.63) is 0 Å². The van der Waals surface area contributed by atoms with Gasteiger partial charge in [0.1, 0.15) is 6.04 Å². The molecule has 0 spiro atoms. The summed E-state index contributed by atoms with van der Waals surface area (Å²) in [4.78, 5) is 31.1. The van der Waals surface area contributed by atoms with Gasteiger partial charge in [0.15, 0.2) is 0 Å². The topological polar surface area (TPSA) is 90.4 Å². The highest BCUT2D eigenvalue weighted by atomic mass is 16.2. The molecule has 2 N–H and O–H groups in total. The molecule has 6 heteroatoms. The maximum absolute atomic E-state index is 14.0. The van der Waals surface area contributed by atoms with Crippen molar-refractivity contribution in [2.75, 3.05) is 6.54 Å². The Morgan fingerprint density at radius 3 is 2.06 bits per heavy atom. The van der Waals surface area contributed by atoms with E-state index in [1.165, 1.54) is 19.3 Å². The van der Waals surface area contributed by atoms with Crippen molar-refractivity contribution >= 4 is 11.8 Å². The number of fused-ring (bicyclic) bond motifs is 2. The molecule has 7 aliphatic rings. The Morgan fingerprint density at radius 2 is 1.52 bits per heavy atom. The largest absolute Gasteiger partial charge is 0.336 e. The van der Waals surface area contributed by atoms with Crippen LogP contribution < -0.4 is 5.73 Å². The lowest BCUT2D eigenvalue weighted by Gasteiger charge is -2.57. The first-order chi connectivity index (χ1) is 15.0. The summed E-state index contributed by atoms with van der Waals surface area (Å²) < 4.78 is 0. The number of carbonyl (C=O) groups is 2. The number of nitriles is 1. The molecule has 168 valence electrons. The number of rotatable bonds is 3. The summed E-state index contributed by atoms with van der Waals surface area (Å²) in [5.74, 6) is 2.89. The van der Waals surface area contributed by atoms with E-state index in [0.717, 1.165) is 75.5 Å². The van der Waals surface area contributed by atoms with Crippen LogP contribution in [0.25, 0.3) is 0 Å². The van der Waals surface area contributed by atoms with E-state index in [1.54, 1.807) is 4.90 Å². The van der Waals surface area contributed by atoms with Crippen molar-refractivity contribution in [1.29, 1.82) is 5.26 Å². The van der Waals surface area contributed by atoms with Crippen LogP contribution in [0.15, 0.2) is 0 Å². The van der Waals surface area contributed by atoms with E-state index in [-0.39, 0.29) is 35.4 Å². The third kappa shape index (κ3) is 3.06. The first-order valence-corrected chi connectivity index (χ1v) is 12.8. The van der Waals surface area contributed by atoms with Gasteiger partial charge in [0.25, 0.3) is 0 Å². The van der Waals surface area contributed by atoms with E-state index in [1.807, 2.05) is 0 Å². The van der Waals surface area contributed by atoms with E-state index in [9.17, 15) is 14.9 Å². The monoisotopic (exact) mass is 424 g/mol. The highest BCUT2D eigenvalue weighted by molar-refractivity contribution is 5.85. The van der Waals surface area contributed by atoms with Crippen LogP contribution in [0.4, 0.5) is 0 Å². The molecule has 3 aliphatic heterocycles. The number of nitrogens with two attached hydrogens (primary N) is 1.